The Bertz CT molecular complexity index is 292. The summed E-state index contributed by atoms with van der Waals surface area (Å²) in [6.45, 7) is 2.98. The van der Waals surface area contributed by atoms with E-state index in [0.717, 1.165) is 43.9 Å². The number of hydrogen-bond donors (Lipinski definition) is 1. The minimum absolute atomic E-state index is 0.267. The van der Waals surface area contributed by atoms with Gasteiger partial charge < -0.3 is 5.73 Å². The first-order chi connectivity index (χ1) is 6.29. The Balaban J connectivity index is 2.18. The summed E-state index contributed by atoms with van der Waals surface area (Å²) in [5.74, 6) is 2.09. The molecule has 2 heterocycles. The lowest BCUT2D eigenvalue weighted by atomic mass is 10.1. The third kappa shape index (κ3) is 1.72. The van der Waals surface area contributed by atoms with Crippen molar-refractivity contribution in [3.63, 3.8) is 0 Å². The van der Waals surface area contributed by atoms with Crippen molar-refractivity contribution >= 4 is 0 Å². The fraction of sp³-hybridized carbons (Fsp3) is 0.778. The number of aromatic nitrogens is 3. The molecule has 1 atom stereocenters. The second-order valence-corrected chi connectivity index (χ2v) is 3.68. The van der Waals surface area contributed by atoms with Crippen LogP contribution in [0.3, 0.4) is 0 Å². The van der Waals surface area contributed by atoms with Crippen LogP contribution in [0.15, 0.2) is 0 Å². The number of aryl methyl sites for hydroxylation is 2. The smallest absolute Gasteiger partial charge is 0.150 e. The van der Waals surface area contributed by atoms with Crippen LogP contribution in [0.2, 0.25) is 0 Å². The molecule has 0 spiro atoms. The van der Waals surface area contributed by atoms with Gasteiger partial charge in [0.25, 0.3) is 0 Å². The number of nitrogens with two attached hydrogens (primary N) is 1. The van der Waals surface area contributed by atoms with Crippen molar-refractivity contribution in [2.24, 2.45) is 5.73 Å². The summed E-state index contributed by atoms with van der Waals surface area (Å²) >= 11 is 0. The van der Waals surface area contributed by atoms with Crippen molar-refractivity contribution in [3.05, 3.63) is 11.6 Å². The van der Waals surface area contributed by atoms with E-state index < -0.39 is 0 Å². The van der Waals surface area contributed by atoms with Crippen molar-refractivity contribution < 1.29 is 0 Å². The molecule has 4 heteroatoms. The second-order valence-electron chi connectivity index (χ2n) is 3.68. The molecule has 0 fully saturated rings. The minimum Gasteiger partial charge on any atom is -0.326 e. The Hall–Kier alpha value is -0.900. The first kappa shape index (κ1) is 8.69. The van der Waals surface area contributed by atoms with Crippen LogP contribution in [0.25, 0.3) is 0 Å². The lowest BCUT2D eigenvalue weighted by Gasteiger charge is -2.17. The normalized spacial score (nSPS) is 21.5. The van der Waals surface area contributed by atoms with E-state index >= 15 is 0 Å². The van der Waals surface area contributed by atoms with Crippen molar-refractivity contribution in [1.29, 1.82) is 0 Å². The molecule has 72 valence electrons. The fourth-order valence-corrected chi connectivity index (χ4v) is 1.71. The van der Waals surface area contributed by atoms with Crippen LogP contribution in [0.4, 0.5) is 0 Å². The van der Waals surface area contributed by atoms with E-state index in [1.54, 1.807) is 0 Å². The van der Waals surface area contributed by atoms with E-state index in [9.17, 15) is 0 Å². The molecule has 0 amide bonds. The minimum atomic E-state index is 0.267. The van der Waals surface area contributed by atoms with Crippen LogP contribution in [-0.4, -0.2) is 20.8 Å². The Labute approximate surface area is 78.1 Å². The molecule has 2 N–H and O–H groups in total. The SMILES string of the molecule is CCCc1nc2n(n1)CC(N)CC2. The quantitative estimate of drug-likeness (QED) is 0.721. The zero-order valence-corrected chi connectivity index (χ0v) is 8.03. The van der Waals surface area contributed by atoms with Crippen LogP contribution >= 0.6 is 0 Å². The van der Waals surface area contributed by atoms with Gasteiger partial charge >= 0.3 is 0 Å². The van der Waals surface area contributed by atoms with Gasteiger partial charge in [0.05, 0.1) is 6.54 Å². The van der Waals surface area contributed by atoms with Gasteiger partial charge in [-0.3, -0.25) is 0 Å². The van der Waals surface area contributed by atoms with Gasteiger partial charge in [0.15, 0.2) is 5.82 Å². The van der Waals surface area contributed by atoms with Crippen LogP contribution < -0.4 is 5.73 Å². The van der Waals surface area contributed by atoms with Crippen LogP contribution in [0.1, 0.15) is 31.4 Å². The molecule has 1 aliphatic rings. The average molecular weight is 180 g/mol. The third-order valence-electron chi connectivity index (χ3n) is 2.41. The van der Waals surface area contributed by atoms with E-state index in [-0.39, 0.29) is 6.04 Å². The largest absolute Gasteiger partial charge is 0.326 e. The fourth-order valence-electron chi connectivity index (χ4n) is 1.71. The molecule has 13 heavy (non-hydrogen) atoms. The standard InChI is InChI=1S/C9H16N4/c1-2-3-8-11-9-5-4-7(10)6-13(9)12-8/h7H,2-6,10H2,1H3. The number of nitrogens with zero attached hydrogens (tertiary/aromatic N) is 3. The summed E-state index contributed by atoms with van der Waals surface area (Å²) in [5, 5.41) is 4.42. The Morgan fingerprint density at radius 3 is 3.23 bits per heavy atom. The molecular formula is C9H16N4. The highest BCUT2D eigenvalue weighted by Gasteiger charge is 2.18. The highest BCUT2D eigenvalue weighted by Crippen LogP contribution is 2.11. The lowest BCUT2D eigenvalue weighted by Crippen LogP contribution is -2.32. The summed E-state index contributed by atoms with van der Waals surface area (Å²) in [4.78, 5) is 4.47. The van der Waals surface area contributed by atoms with Crippen molar-refractivity contribution in [2.45, 2.75) is 45.2 Å². The van der Waals surface area contributed by atoms with E-state index in [1.165, 1.54) is 0 Å². The summed E-state index contributed by atoms with van der Waals surface area (Å²) in [5.41, 5.74) is 5.84. The molecule has 0 bridgehead atoms. The molecule has 0 aromatic carbocycles. The average Bonchev–Trinajstić information content (AvgIpc) is 2.46. The van der Waals surface area contributed by atoms with Gasteiger partial charge in [-0.2, -0.15) is 5.10 Å². The molecule has 2 rings (SSSR count). The van der Waals surface area contributed by atoms with E-state index in [0.29, 0.717) is 0 Å². The van der Waals surface area contributed by atoms with Gasteiger partial charge in [0.2, 0.25) is 0 Å². The highest BCUT2D eigenvalue weighted by atomic mass is 15.4. The molecule has 1 aliphatic heterocycles. The van der Waals surface area contributed by atoms with Crippen molar-refractivity contribution in [2.75, 3.05) is 0 Å². The van der Waals surface area contributed by atoms with Gasteiger partial charge in [0.1, 0.15) is 5.82 Å². The van der Waals surface area contributed by atoms with Gasteiger partial charge in [-0.05, 0) is 12.8 Å². The topological polar surface area (TPSA) is 56.7 Å². The monoisotopic (exact) mass is 180 g/mol. The molecule has 0 saturated heterocycles. The Morgan fingerprint density at radius 2 is 2.46 bits per heavy atom. The van der Waals surface area contributed by atoms with E-state index in [2.05, 4.69) is 17.0 Å². The zero-order chi connectivity index (χ0) is 9.26. The van der Waals surface area contributed by atoms with Gasteiger partial charge in [-0.1, -0.05) is 6.92 Å². The summed E-state index contributed by atoms with van der Waals surface area (Å²) < 4.78 is 1.97. The molecule has 1 aromatic rings. The lowest BCUT2D eigenvalue weighted by molar-refractivity contribution is 0.420. The van der Waals surface area contributed by atoms with E-state index in [1.807, 2.05) is 4.68 Å². The van der Waals surface area contributed by atoms with Gasteiger partial charge in [0, 0.05) is 18.9 Å². The zero-order valence-electron chi connectivity index (χ0n) is 8.03. The summed E-state index contributed by atoms with van der Waals surface area (Å²) in [6.07, 6.45) is 4.12. The molecular weight excluding hydrogens is 164 g/mol. The molecule has 0 aliphatic carbocycles. The maximum Gasteiger partial charge on any atom is 0.150 e. The first-order valence-electron chi connectivity index (χ1n) is 4.97. The maximum atomic E-state index is 5.84. The van der Waals surface area contributed by atoms with Gasteiger partial charge in [-0.25, -0.2) is 9.67 Å². The number of hydrogen-bond acceptors (Lipinski definition) is 3. The number of rotatable bonds is 2. The Kier molecular flexibility index (Phi) is 2.31. The second kappa shape index (κ2) is 3.46. The van der Waals surface area contributed by atoms with Gasteiger partial charge in [-0.15, -0.1) is 0 Å². The summed E-state index contributed by atoms with van der Waals surface area (Å²) in [6, 6.07) is 0.267. The maximum absolute atomic E-state index is 5.84. The van der Waals surface area contributed by atoms with Crippen LogP contribution in [0, 0.1) is 0 Å². The molecule has 0 saturated carbocycles. The highest BCUT2D eigenvalue weighted by molar-refractivity contribution is 4.97. The Morgan fingerprint density at radius 1 is 1.62 bits per heavy atom. The van der Waals surface area contributed by atoms with Crippen LogP contribution in [-0.2, 0) is 19.4 Å². The molecule has 1 aromatic heterocycles. The predicted molar refractivity (Wildman–Crippen MR) is 50.3 cm³/mol. The first-order valence-corrected chi connectivity index (χ1v) is 4.97. The van der Waals surface area contributed by atoms with E-state index in [4.69, 9.17) is 5.73 Å². The molecule has 4 nitrogen and oxygen atoms in total. The van der Waals surface area contributed by atoms with Crippen molar-refractivity contribution in [1.82, 2.24) is 14.8 Å². The van der Waals surface area contributed by atoms with Crippen LogP contribution in [0.5, 0.6) is 0 Å². The summed E-state index contributed by atoms with van der Waals surface area (Å²) in [7, 11) is 0. The molecule has 0 radical (unpaired) electrons. The predicted octanol–water partition coefficient (Wildman–Crippen LogP) is 0.504. The molecule has 1 unspecified atom stereocenters. The number of fused-ring (bicyclic) bond motifs is 1. The van der Waals surface area contributed by atoms with Crippen molar-refractivity contribution in [3.8, 4) is 0 Å². The third-order valence-corrected chi connectivity index (χ3v) is 2.41.